The lowest BCUT2D eigenvalue weighted by molar-refractivity contribution is 0.112. The van der Waals surface area contributed by atoms with Crippen LogP contribution in [-0.4, -0.2) is 42.9 Å². The van der Waals surface area contributed by atoms with Crippen molar-refractivity contribution in [3.8, 4) is 0 Å². The Labute approximate surface area is 113 Å². The van der Waals surface area contributed by atoms with E-state index in [9.17, 15) is 9.18 Å². The van der Waals surface area contributed by atoms with Gasteiger partial charge in [0, 0.05) is 36.4 Å². The first-order chi connectivity index (χ1) is 9.17. The molecule has 2 unspecified atom stereocenters. The fourth-order valence-electron chi connectivity index (χ4n) is 3.38. The highest BCUT2D eigenvalue weighted by Gasteiger charge is 2.34. The molecular formula is C15H19FN2O. The number of halogens is 1. The summed E-state index contributed by atoms with van der Waals surface area (Å²) in [6.45, 7) is 5.31. The van der Waals surface area contributed by atoms with Gasteiger partial charge in [0.15, 0.2) is 0 Å². The monoisotopic (exact) mass is 262 g/mol. The average Bonchev–Trinajstić information content (AvgIpc) is 2.84. The topological polar surface area (TPSA) is 23.6 Å². The Balaban J connectivity index is 1.88. The highest BCUT2D eigenvalue weighted by atomic mass is 19.1. The van der Waals surface area contributed by atoms with Crippen LogP contribution in [0.15, 0.2) is 18.2 Å². The molecule has 1 aromatic carbocycles. The summed E-state index contributed by atoms with van der Waals surface area (Å²) in [5, 5.41) is 0. The second-order valence-electron chi connectivity index (χ2n) is 5.65. The van der Waals surface area contributed by atoms with Crippen molar-refractivity contribution in [1.29, 1.82) is 0 Å². The Morgan fingerprint density at radius 1 is 1.32 bits per heavy atom. The number of piperazine rings is 1. The molecule has 0 radical (unpaired) electrons. The van der Waals surface area contributed by atoms with Gasteiger partial charge in [0.2, 0.25) is 0 Å². The number of rotatable bonds is 2. The molecule has 19 heavy (non-hydrogen) atoms. The third-order valence-corrected chi connectivity index (χ3v) is 4.31. The predicted octanol–water partition coefficient (Wildman–Crippen LogP) is 2.31. The summed E-state index contributed by atoms with van der Waals surface area (Å²) in [6, 6.07) is 5.55. The molecule has 2 heterocycles. The van der Waals surface area contributed by atoms with Crippen LogP contribution in [0.2, 0.25) is 0 Å². The van der Waals surface area contributed by atoms with Gasteiger partial charge in [0.05, 0.1) is 0 Å². The number of nitrogens with zero attached hydrogens (tertiary/aromatic N) is 2. The zero-order valence-corrected chi connectivity index (χ0v) is 11.2. The zero-order valence-electron chi connectivity index (χ0n) is 11.2. The molecule has 0 amide bonds. The molecule has 4 heteroatoms. The van der Waals surface area contributed by atoms with Crippen molar-refractivity contribution in [2.45, 2.75) is 31.8 Å². The van der Waals surface area contributed by atoms with E-state index < -0.39 is 0 Å². The lowest BCUT2D eigenvalue weighted by Gasteiger charge is -2.43. The minimum Gasteiger partial charge on any atom is -0.366 e. The van der Waals surface area contributed by atoms with Gasteiger partial charge >= 0.3 is 0 Å². The van der Waals surface area contributed by atoms with Crippen LogP contribution in [0.4, 0.5) is 10.1 Å². The second kappa shape index (κ2) is 4.93. The van der Waals surface area contributed by atoms with E-state index in [1.54, 1.807) is 6.07 Å². The van der Waals surface area contributed by atoms with Crippen molar-refractivity contribution < 1.29 is 9.18 Å². The molecule has 2 saturated heterocycles. The number of hydrogen-bond acceptors (Lipinski definition) is 3. The number of hydrogen-bond donors (Lipinski definition) is 0. The molecule has 2 fully saturated rings. The zero-order chi connectivity index (χ0) is 13.4. The van der Waals surface area contributed by atoms with E-state index in [2.05, 4.69) is 16.7 Å². The smallest absolute Gasteiger partial charge is 0.150 e. The number of carbonyl (C=O) groups is 1. The molecule has 0 spiro atoms. The fraction of sp³-hybridized carbons (Fsp3) is 0.533. The van der Waals surface area contributed by atoms with Gasteiger partial charge in [0.1, 0.15) is 12.1 Å². The van der Waals surface area contributed by atoms with Crippen LogP contribution in [0.25, 0.3) is 0 Å². The van der Waals surface area contributed by atoms with Crippen molar-refractivity contribution in [2.75, 3.05) is 24.5 Å². The number of carbonyl (C=O) groups excluding carboxylic acids is 1. The Morgan fingerprint density at radius 3 is 2.95 bits per heavy atom. The van der Waals surface area contributed by atoms with Crippen LogP contribution in [0.5, 0.6) is 0 Å². The molecule has 2 aliphatic heterocycles. The van der Waals surface area contributed by atoms with Crippen LogP contribution in [0.1, 0.15) is 30.1 Å². The highest BCUT2D eigenvalue weighted by molar-refractivity contribution is 5.77. The molecule has 3 nitrogen and oxygen atoms in total. The first kappa shape index (κ1) is 12.6. The Bertz CT molecular complexity index is 491. The van der Waals surface area contributed by atoms with E-state index >= 15 is 0 Å². The first-order valence-electron chi connectivity index (χ1n) is 6.94. The van der Waals surface area contributed by atoms with Gasteiger partial charge in [-0.1, -0.05) is 0 Å². The number of benzene rings is 1. The van der Waals surface area contributed by atoms with Crippen molar-refractivity contribution in [3.63, 3.8) is 0 Å². The summed E-state index contributed by atoms with van der Waals surface area (Å²) in [6.07, 6.45) is 3.19. The largest absolute Gasteiger partial charge is 0.366 e. The van der Waals surface area contributed by atoms with Gasteiger partial charge < -0.3 is 4.90 Å². The Kier molecular flexibility index (Phi) is 3.27. The third-order valence-electron chi connectivity index (χ3n) is 4.31. The van der Waals surface area contributed by atoms with Crippen LogP contribution < -0.4 is 4.90 Å². The normalized spacial score (nSPS) is 27.4. The average molecular weight is 262 g/mol. The summed E-state index contributed by atoms with van der Waals surface area (Å²) < 4.78 is 13.6. The first-order valence-corrected chi connectivity index (χ1v) is 6.94. The van der Waals surface area contributed by atoms with Gasteiger partial charge in [-0.25, -0.2) is 4.39 Å². The molecule has 2 atom stereocenters. The molecule has 3 rings (SSSR count). The van der Waals surface area contributed by atoms with Gasteiger partial charge in [0.25, 0.3) is 0 Å². The number of aldehydes is 1. The van der Waals surface area contributed by atoms with Crippen LogP contribution in [0.3, 0.4) is 0 Å². The van der Waals surface area contributed by atoms with E-state index in [4.69, 9.17) is 0 Å². The van der Waals surface area contributed by atoms with Crippen molar-refractivity contribution in [1.82, 2.24) is 4.90 Å². The van der Waals surface area contributed by atoms with Crippen LogP contribution in [0, 0.1) is 5.82 Å². The van der Waals surface area contributed by atoms with E-state index in [1.807, 2.05) is 0 Å². The summed E-state index contributed by atoms with van der Waals surface area (Å²) in [4.78, 5) is 15.6. The molecule has 0 aromatic heterocycles. The third kappa shape index (κ3) is 2.37. The Morgan fingerprint density at radius 2 is 2.16 bits per heavy atom. The number of anilines is 1. The van der Waals surface area contributed by atoms with E-state index in [1.165, 1.54) is 31.5 Å². The second-order valence-corrected chi connectivity index (χ2v) is 5.65. The molecule has 0 aliphatic carbocycles. The SMILES string of the molecule is CC1CN2CCCC2CN1c1cc(F)cc(C=O)c1. The minimum atomic E-state index is -0.333. The predicted molar refractivity (Wildman–Crippen MR) is 73.2 cm³/mol. The van der Waals surface area contributed by atoms with Crippen molar-refractivity contribution in [3.05, 3.63) is 29.6 Å². The molecule has 0 N–H and O–H groups in total. The summed E-state index contributed by atoms with van der Waals surface area (Å²) in [7, 11) is 0. The van der Waals surface area contributed by atoms with Gasteiger partial charge in [-0.3, -0.25) is 9.69 Å². The molecule has 0 bridgehead atoms. The Hall–Kier alpha value is -1.42. The van der Waals surface area contributed by atoms with Crippen LogP contribution in [-0.2, 0) is 0 Å². The lowest BCUT2D eigenvalue weighted by Crippen LogP contribution is -2.55. The summed E-state index contributed by atoms with van der Waals surface area (Å²) in [5.74, 6) is -0.333. The summed E-state index contributed by atoms with van der Waals surface area (Å²) >= 11 is 0. The molecule has 2 aliphatic rings. The molecule has 0 saturated carbocycles. The fourth-order valence-corrected chi connectivity index (χ4v) is 3.38. The molecule has 102 valence electrons. The van der Waals surface area contributed by atoms with E-state index in [0.29, 0.717) is 23.9 Å². The number of fused-ring (bicyclic) bond motifs is 1. The minimum absolute atomic E-state index is 0.333. The maximum Gasteiger partial charge on any atom is 0.150 e. The van der Waals surface area contributed by atoms with E-state index in [0.717, 1.165) is 18.8 Å². The quantitative estimate of drug-likeness (QED) is 0.764. The summed E-state index contributed by atoms with van der Waals surface area (Å²) in [5.41, 5.74) is 1.25. The molecular weight excluding hydrogens is 243 g/mol. The van der Waals surface area contributed by atoms with E-state index in [-0.39, 0.29) is 5.82 Å². The molecule has 1 aromatic rings. The van der Waals surface area contributed by atoms with Crippen molar-refractivity contribution >= 4 is 12.0 Å². The van der Waals surface area contributed by atoms with Gasteiger partial charge in [-0.15, -0.1) is 0 Å². The van der Waals surface area contributed by atoms with Gasteiger partial charge in [-0.2, -0.15) is 0 Å². The lowest BCUT2D eigenvalue weighted by atomic mass is 10.1. The highest BCUT2D eigenvalue weighted by Crippen LogP contribution is 2.29. The maximum absolute atomic E-state index is 13.6. The maximum atomic E-state index is 13.6. The van der Waals surface area contributed by atoms with Gasteiger partial charge in [-0.05, 0) is 44.5 Å². The standard InChI is InChI=1S/C15H19FN2O/c1-11-8-17-4-2-3-14(17)9-18(11)15-6-12(10-19)5-13(16)7-15/h5-7,10-11,14H,2-4,8-9H2,1H3. The van der Waals surface area contributed by atoms with Crippen LogP contribution >= 0.6 is 0 Å². The van der Waals surface area contributed by atoms with Crippen molar-refractivity contribution in [2.24, 2.45) is 0 Å².